The second-order valence-electron chi connectivity index (χ2n) is 4.15. The van der Waals surface area contributed by atoms with E-state index in [4.69, 9.17) is 5.73 Å². The second-order valence-corrected chi connectivity index (χ2v) is 4.15. The zero-order valence-corrected chi connectivity index (χ0v) is 11.9. The van der Waals surface area contributed by atoms with Gasteiger partial charge < -0.3 is 11.1 Å². The predicted octanol–water partition coefficient (Wildman–Crippen LogP) is 0.595. The molecule has 0 bridgehead atoms. The number of carbonyl (C=O) groups is 1. The molecule has 0 aromatic carbocycles. The lowest BCUT2D eigenvalue weighted by molar-refractivity contribution is 0.0991. The molecule has 7 nitrogen and oxygen atoms in total. The lowest BCUT2D eigenvalue weighted by atomic mass is 10.3. The molecule has 2 aromatic rings. The van der Waals surface area contributed by atoms with Gasteiger partial charge in [0, 0.05) is 20.2 Å². The van der Waals surface area contributed by atoms with Crippen LogP contribution in [-0.2, 0) is 20.6 Å². The monoisotopic (exact) mass is 284 g/mol. The van der Waals surface area contributed by atoms with Crippen LogP contribution in [0.1, 0.15) is 21.7 Å². The number of hydrogen-bond donors (Lipinski definition) is 2. The van der Waals surface area contributed by atoms with Gasteiger partial charge in [-0.05, 0) is 12.5 Å². The quantitative estimate of drug-likeness (QED) is 0.860. The average molecular weight is 285 g/mol. The van der Waals surface area contributed by atoms with Gasteiger partial charge in [-0.15, -0.1) is 12.4 Å². The van der Waals surface area contributed by atoms with Crippen molar-refractivity contribution in [1.29, 1.82) is 0 Å². The van der Waals surface area contributed by atoms with Crippen molar-refractivity contribution in [2.75, 3.05) is 5.32 Å². The summed E-state index contributed by atoms with van der Waals surface area (Å²) in [4.78, 5) is 11.1. The molecule has 0 saturated heterocycles. The molecule has 3 N–H and O–H groups in total. The van der Waals surface area contributed by atoms with Crippen LogP contribution < -0.4 is 11.1 Å². The van der Waals surface area contributed by atoms with Gasteiger partial charge in [0.2, 0.25) is 0 Å². The molecule has 0 atom stereocenters. The minimum atomic E-state index is -0.491. The van der Waals surface area contributed by atoms with Crippen molar-refractivity contribution < 1.29 is 4.79 Å². The Kier molecular flexibility index (Phi) is 4.55. The van der Waals surface area contributed by atoms with E-state index in [2.05, 4.69) is 15.5 Å². The van der Waals surface area contributed by atoms with Crippen LogP contribution >= 0.6 is 12.4 Å². The highest BCUT2D eigenvalue weighted by Gasteiger charge is 2.10. The van der Waals surface area contributed by atoms with E-state index in [0.29, 0.717) is 18.1 Å². The number of nitrogens with zero attached hydrogens (tertiary/aromatic N) is 4. The molecular weight excluding hydrogens is 268 g/mol. The van der Waals surface area contributed by atoms with E-state index in [-0.39, 0.29) is 12.4 Å². The largest absolute Gasteiger partial charge is 0.364 e. The summed E-state index contributed by atoms with van der Waals surface area (Å²) in [5.41, 5.74) is 7.78. The summed E-state index contributed by atoms with van der Waals surface area (Å²) in [6.07, 6.45) is 1.81. The molecule has 0 saturated carbocycles. The van der Waals surface area contributed by atoms with E-state index in [0.717, 1.165) is 11.3 Å². The van der Waals surface area contributed by atoms with Gasteiger partial charge in [0.1, 0.15) is 11.5 Å². The number of primary amides is 1. The van der Waals surface area contributed by atoms with Crippen LogP contribution in [-0.4, -0.2) is 25.5 Å². The van der Waals surface area contributed by atoms with Crippen LogP contribution in [0.25, 0.3) is 0 Å². The van der Waals surface area contributed by atoms with Gasteiger partial charge in [0.15, 0.2) is 0 Å². The molecular formula is C11H17ClN6O. The maximum absolute atomic E-state index is 11.1. The Hall–Kier alpha value is -2.02. The topological polar surface area (TPSA) is 90.8 Å². The van der Waals surface area contributed by atoms with E-state index in [1.807, 2.05) is 20.2 Å². The summed E-state index contributed by atoms with van der Waals surface area (Å²) in [6, 6.07) is 1.63. The zero-order chi connectivity index (χ0) is 13.3. The summed E-state index contributed by atoms with van der Waals surface area (Å²) in [6.45, 7) is 2.59. The van der Waals surface area contributed by atoms with E-state index >= 15 is 0 Å². The smallest absolute Gasteiger partial charge is 0.267 e. The lowest BCUT2D eigenvalue weighted by Gasteiger charge is -2.04. The molecule has 0 unspecified atom stereocenters. The lowest BCUT2D eigenvalue weighted by Crippen LogP contribution is -2.15. The van der Waals surface area contributed by atoms with Gasteiger partial charge in [0.05, 0.1) is 18.4 Å². The maximum atomic E-state index is 11.1. The van der Waals surface area contributed by atoms with Crippen LogP contribution in [0.3, 0.4) is 0 Å². The van der Waals surface area contributed by atoms with Crippen molar-refractivity contribution in [3.8, 4) is 0 Å². The first-order chi connectivity index (χ1) is 8.49. The molecule has 0 aliphatic heterocycles. The van der Waals surface area contributed by atoms with Crippen LogP contribution in [0.2, 0.25) is 0 Å². The SMILES string of the molecule is Cc1cnn(C)c1CNc1cc(C(N)=O)n(C)n1.Cl. The molecule has 8 heteroatoms. The number of nitrogens with two attached hydrogens (primary N) is 1. The number of anilines is 1. The van der Waals surface area contributed by atoms with Crippen LogP contribution in [0.15, 0.2) is 12.3 Å². The standard InChI is InChI=1S/C11H16N6O.ClH/c1-7-5-14-16(2)9(7)6-13-10-4-8(11(12)18)17(3)15-10;/h4-5H,6H2,1-3H3,(H2,12,18)(H,13,15);1H. The molecule has 0 aliphatic rings. The predicted molar refractivity (Wildman–Crippen MR) is 74.2 cm³/mol. The van der Waals surface area contributed by atoms with Gasteiger partial charge in [-0.2, -0.15) is 10.2 Å². The zero-order valence-electron chi connectivity index (χ0n) is 11.0. The minimum Gasteiger partial charge on any atom is -0.364 e. The molecule has 0 fully saturated rings. The number of aromatic nitrogens is 4. The van der Waals surface area contributed by atoms with E-state index < -0.39 is 5.91 Å². The molecule has 0 spiro atoms. The maximum Gasteiger partial charge on any atom is 0.267 e. The molecule has 104 valence electrons. The second kappa shape index (κ2) is 5.75. The highest BCUT2D eigenvalue weighted by Crippen LogP contribution is 2.11. The van der Waals surface area contributed by atoms with Gasteiger partial charge in [-0.1, -0.05) is 0 Å². The third-order valence-electron chi connectivity index (χ3n) is 2.84. The Labute approximate surface area is 117 Å². The summed E-state index contributed by atoms with van der Waals surface area (Å²) < 4.78 is 3.26. The van der Waals surface area contributed by atoms with Gasteiger partial charge >= 0.3 is 0 Å². The summed E-state index contributed by atoms with van der Waals surface area (Å²) >= 11 is 0. The van der Waals surface area contributed by atoms with Gasteiger partial charge in [-0.25, -0.2) is 0 Å². The normalized spacial score (nSPS) is 10.1. The molecule has 2 rings (SSSR count). The molecule has 2 heterocycles. The van der Waals surface area contributed by atoms with Gasteiger partial charge in [-0.3, -0.25) is 14.2 Å². The molecule has 0 radical (unpaired) electrons. The van der Waals surface area contributed by atoms with E-state index in [1.54, 1.807) is 17.8 Å². The highest BCUT2D eigenvalue weighted by molar-refractivity contribution is 5.91. The third kappa shape index (κ3) is 3.05. The highest BCUT2D eigenvalue weighted by atomic mass is 35.5. The molecule has 19 heavy (non-hydrogen) atoms. The number of aryl methyl sites for hydroxylation is 3. The van der Waals surface area contributed by atoms with Crippen molar-refractivity contribution in [2.45, 2.75) is 13.5 Å². The minimum absolute atomic E-state index is 0. The van der Waals surface area contributed by atoms with E-state index in [1.165, 1.54) is 4.68 Å². The first kappa shape index (κ1) is 15.0. The van der Waals surface area contributed by atoms with Crippen molar-refractivity contribution in [1.82, 2.24) is 19.6 Å². The average Bonchev–Trinajstić information content (AvgIpc) is 2.81. The van der Waals surface area contributed by atoms with Crippen LogP contribution in [0, 0.1) is 6.92 Å². The first-order valence-corrected chi connectivity index (χ1v) is 5.54. The van der Waals surface area contributed by atoms with Crippen molar-refractivity contribution >= 4 is 24.1 Å². The van der Waals surface area contributed by atoms with Crippen LogP contribution in [0.5, 0.6) is 0 Å². The van der Waals surface area contributed by atoms with Crippen molar-refractivity contribution in [3.63, 3.8) is 0 Å². The number of nitrogens with one attached hydrogen (secondary N) is 1. The first-order valence-electron chi connectivity index (χ1n) is 5.54. The third-order valence-corrected chi connectivity index (χ3v) is 2.84. The Morgan fingerprint density at radius 1 is 1.42 bits per heavy atom. The van der Waals surface area contributed by atoms with Gasteiger partial charge in [0.25, 0.3) is 5.91 Å². The Morgan fingerprint density at radius 3 is 2.58 bits per heavy atom. The summed E-state index contributed by atoms with van der Waals surface area (Å²) in [5, 5.41) is 11.5. The number of hydrogen-bond acceptors (Lipinski definition) is 4. The van der Waals surface area contributed by atoms with Crippen molar-refractivity contribution in [3.05, 3.63) is 29.2 Å². The number of halogens is 1. The summed E-state index contributed by atoms with van der Waals surface area (Å²) in [7, 11) is 3.57. The Morgan fingerprint density at radius 2 is 2.11 bits per heavy atom. The molecule has 2 aromatic heterocycles. The summed E-state index contributed by atoms with van der Waals surface area (Å²) in [5.74, 6) is 0.127. The number of carbonyl (C=O) groups excluding carboxylic acids is 1. The van der Waals surface area contributed by atoms with Crippen LogP contribution in [0.4, 0.5) is 5.82 Å². The van der Waals surface area contributed by atoms with E-state index in [9.17, 15) is 4.79 Å². The fourth-order valence-electron chi connectivity index (χ4n) is 1.78. The fourth-order valence-corrected chi connectivity index (χ4v) is 1.78. The van der Waals surface area contributed by atoms with Crippen molar-refractivity contribution in [2.24, 2.45) is 19.8 Å². The number of amides is 1. The Balaban J connectivity index is 0.00000180. The fraction of sp³-hybridized carbons (Fsp3) is 0.364. The molecule has 1 amide bonds. The molecule has 0 aliphatic carbocycles. The number of rotatable bonds is 4. The Bertz CT molecular complexity index is 569.